The molecule has 8 aromatic rings. The third-order valence-corrected chi connectivity index (χ3v) is 12.8. The predicted octanol–water partition coefficient (Wildman–Crippen LogP) is 16.1. The van der Waals surface area contributed by atoms with Crippen molar-refractivity contribution >= 4 is 83.5 Å². The van der Waals surface area contributed by atoms with Crippen molar-refractivity contribution < 1.29 is 27.8 Å². The minimum absolute atomic E-state index is 0.153. The molecular weight excluding hydrogens is 901 g/mol. The first kappa shape index (κ1) is 48.8. The molecule has 0 aliphatic heterocycles. The van der Waals surface area contributed by atoms with Crippen molar-refractivity contribution in [3.05, 3.63) is 150 Å². The molecule has 15 heteroatoms. The minimum Gasteiger partial charge on any atom is -0.462 e. The second-order valence-electron chi connectivity index (χ2n) is 16.2. The SMILES string of the molecule is CCCCCCOC(=O)c1ccc2nc(-c3ccc(N=Nc4ccc(N(C)C)cc4)c(F)c3)sc2c1.CCOC(=O)c1ccc2nc(-c3ccc(N=Nc4ccc(C(C)C)cc4)c(F)c3)sc2c1. The lowest BCUT2D eigenvalue weighted by atomic mass is 10.0. The van der Waals surface area contributed by atoms with E-state index < -0.39 is 11.6 Å². The van der Waals surface area contributed by atoms with Gasteiger partial charge in [0.05, 0.1) is 56.1 Å². The fraction of sp³-hybridized carbons (Fsp3) is 0.245. The van der Waals surface area contributed by atoms with Crippen molar-refractivity contribution in [2.75, 3.05) is 32.2 Å². The van der Waals surface area contributed by atoms with Gasteiger partial charge in [-0.15, -0.1) is 32.9 Å². The highest BCUT2D eigenvalue weighted by Gasteiger charge is 2.15. The van der Waals surface area contributed by atoms with Crippen LogP contribution in [0.1, 0.15) is 85.6 Å². The van der Waals surface area contributed by atoms with Crippen LogP contribution < -0.4 is 4.90 Å². The van der Waals surface area contributed by atoms with Gasteiger partial charge >= 0.3 is 11.9 Å². The molecule has 8 rings (SSSR count). The second-order valence-corrected chi connectivity index (χ2v) is 18.3. The maximum Gasteiger partial charge on any atom is 0.338 e. The molecule has 0 bridgehead atoms. The molecular formula is C53H51F2N7O4S2. The van der Waals surface area contributed by atoms with Gasteiger partial charge in [0, 0.05) is 30.9 Å². The maximum absolute atomic E-state index is 14.8. The number of hydrogen-bond acceptors (Lipinski definition) is 13. The standard InChI is InChI=1S/C28H29FN4O2S.C25H22FN3O2S/c1-4-5-6-7-16-35-28(34)20-9-15-25-26(18-20)36-27(30-25)19-8-14-24(23(29)17-19)32-31-21-10-12-22(13-11-21)33(2)3;1-4-31-25(30)18-8-12-22-23(14-18)32-24(27-22)17-7-11-21(20(26)13-17)29-28-19-9-5-16(6-10-19)15(2)3/h8-15,17-18H,4-7,16H2,1-3H3;5-15H,4H2,1-3H3. The van der Waals surface area contributed by atoms with E-state index in [1.54, 1.807) is 67.6 Å². The Morgan fingerprint density at radius 2 is 1.10 bits per heavy atom. The molecule has 6 aromatic carbocycles. The van der Waals surface area contributed by atoms with E-state index in [4.69, 9.17) is 9.47 Å². The number of azo groups is 2. The zero-order chi connectivity index (χ0) is 48.2. The first-order valence-electron chi connectivity index (χ1n) is 22.3. The Morgan fingerprint density at radius 1 is 0.603 bits per heavy atom. The number of nitrogens with zero attached hydrogens (tertiary/aromatic N) is 7. The number of fused-ring (bicyclic) bond motifs is 2. The average Bonchev–Trinajstić information content (AvgIpc) is 3.98. The van der Waals surface area contributed by atoms with Crippen LogP contribution in [0, 0.1) is 11.6 Å². The monoisotopic (exact) mass is 951 g/mol. The van der Waals surface area contributed by atoms with Gasteiger partial charge < -0.3 is 14.4 Å². The highest BCUT2D eigenvalue weighted by atomic mass is 32.1. The molecule has 11 nitrogen and oxygen atoms in total. The topological polar surface area (TPSA) is 131 Å². The highest BCUT2D eigenvalue weighted by Crippen LogP contribution is 2.35. The first-order chi connectivity index (χ1) is 32.9. The number of ether oxygens (including phenoxy) is 2. The summed E-state index contributed by atoms with van der Waals surface area (Å²) in [6, 6.07) is 35.3. The van der Waals surface area contributed by atoms with Crippen molar-refractivity contribution in [2.45, 2.75) is 59.3 Å². The van der Waals surface area contributed by atoms with Gasteiger partial charge in [0.15, 0.2) is 11.6 Å². The highest BCUT2D eigenvalue weighted by molar-refractivity contribution is 7.22. The summed E-state index contributed by atoms with van der Waals surface area (Å²) in [6.45, 7) is 8.90. The van der Waals surface area contributed by atoms with Crippen LogP contribution in [0.3, 0.4) is 0 Å². The molecule has 0 saturated carbocycles. The lowest BCUT2D eigenvalue weighted by molar-refractivity contribution is 0.0495. The number of benzene rings is 6. The summed E-state index contributed by atoms with van der Waals surface area (Å²) in [5.41, 5.74) is 7.62. The van der Waals surface area contributed by atoms with E-state index in [1.165, 1.54) is 40.4 Å². The molecule has 0 unspecified atom stereocenters. The van der Waals surface area contributed by atoms with Crippen LogP contribution in [-0.2, 0) is 9.47 Å². The molecule has 0 radical (unpaired) electrons. The zero-order valence-corrected chi connectivity index (χ0v) is 40.3. The largest absolute Gasteiger partial charge is 0.462 e. The van der Waals surface area contributed by atoms with E-state index in [9.17, 15) is 18.4 Å². The number of esters is 2. The number of unbranched alkanes of at least 4 members (excludes halogenated alkanes) is 3. The van der Waals surface area contributed by atoms with Crippen molar-refractivity contribution in [1.29, 1.82) is 0 Å². The summed E-state index contributed by atoms with van der Waals surface area (Å²) in [5.74, 6) is -1.22. The zero-order valence-electron chi connectivity index (χ0n) is 38.7. The Balaban J connectivity index is 0.000000203. The molecule has 348 valence electrons. The maximum atomic E-state index is 14.8. The van der Waals surface area contributed by atoms with E-state index in [-0.39, 0.29) is 23.3 Å². The predicted molar refractivity (Wildman–Crippen MR) is 270 cm³/mol. The minimum atomic E-state index is -0.479. The summed E-state index contributed by atoms with van der Waals surface area (Å²) in [7, 11) is 3.92. The number of hydrogen-bond donors (Lipinski definition) is 0. The number of carbonyl (C=O) groups is 2. The summed E-state index contributed by atoms with van der Waals surface area (Å²) in [5, 5.41) is 17.7. The number of carbonyl (C=O) groups excluding carboxylic acids is 2. The van der Waals surface area contributed by atoms with Crippen LogP contribution in [0.25, 0.3) is 41.6 Å². The van der Waals surface area contributed by atoms with E-state index in [0.717, 1.165) is 51.8 Å². The van der Waals surface area contributed by atoms with Gasteiger partial charge in [-0.1, -0.05) is 52.2 Å². The third-order valence-electron chi connectivity index (χ3n) is 10.6. The van der Waals surface area contributed by atoms with E-state index in [1.807, 2.05) is 67.5 Å². The number of halogens is 2. The smallest absolute Gasteiger partial charge is 0.338 e. The second kappa shape index (κ2) is 23.1. The molecule has 0 spiro atoms. The van der Waals surface area contributed by atoms with Crippen molar-refractivity contribution in [3.8, 4) is 21.1 Å². The molecule has 0 aliphatic rings. The van der Waals surface area contributed by atoms with Gasteiger partial charge in [0.25, 0.3) is 0 Å². The van der Waals surface area contributed by atoms with Crippen LogP contribution in [0.15, 0.2) is 142 Å². The summed E-state index contributed by atoms with van der Waals surface area (Å²) in [4.78, 5) is 35.5. The third kappa shape index (κ3) is 12.7. The Morgan fingerprint density at radius 3 is 1.56 bits per heavy atom. The van der Waals surface area contributed by atoms with Crippen LogP contribution in [0.5, 0.6) is 0 Å². The van der Waals surface area contributed by atoms with Gasteiger partial charge in [-0.25, -0.2) is 28.3 Å². The lowest BCUT2D eigenvalue weighted by Gasteiger charge is -2.11. The lowest BCUT2D eigenvalue weighted by Crippen LogP contribution is -2.07. The summed E-state index contributed by atoms with van der Waals surface area (Å²) < 4.78 is 41.6. The van der Waals surface area contributed by atoms with Crippen molar-refractivity contribution in [2.24, 2.45) is 20.5 Å². The molecule has 0 fully saturated rings. The van der Waals surface area contributed by atoms with Crippen molar-refractivity contribution in [1.82, 2.24) is 9.97 Å². The number of aromatic nitrogens is 2. The molecule has 0 atom stereocenters. The van der Waals surface area contributed by atoms with E-state index in [0.29, 0.717) is 62.8 Å². The number of rotatable bonds is 16. The molecule has 2 aromatic heterocycles. The average molecular weight is 952 g/mol. The Bertz CT molecular complexity index is 3080. The Kier molecular flexibility index (Phi) is 16.6. The van der Waals surface area contributed by atoms with Gasteiger partial charge in [-0.05, 0) is 134 Å². The van der Waals surface area contributed by atoms with Crippen molar-refractivity contribution in [3.63, 3.8) is 0 Å². The molecule has 0 amide bonds. The normalized spacial score (nSPS) is 11.4. The van der Waals surface area contributed by atoms with Gasteiger partial charge in [0.1, 0.15) is 21.4 Å². The molecule has 0 saturated heterocycles. The summed E-state index contributed by atoms with van der Waals surface area (Å²) in [6.07, 6.45) is 4.21. The van der Waals surface area contributed by atoms with Gasteiger partial charge in [0.2, 0.25) is 0 Å². The van der Waals surface area contributed by atoms with Crippen LogP contribution in [0.2, 0.25) is 0 Å². The quantitative estimate of drug-likeness (QED) is 0.0535. The van der Waals surface area contributed by atoms with E-state index >= 15 is 0 Å². The first-order valence-corrected chi connectivity index (χ1v) is 24.0. The molecule has 0 N–H and O–H groups in total. The number of anilines is 1. The van der Waals surface area contributed by atoms with Crippen LogP contribution >= 0.6 is 22.7 Å². The van der Waals surface area contributed by atoms with Crippen LogP contribution in [-0.4, -0.2) is 49.2 Å². The van der Waals surface area contributed by atoms with E-state index in [2.05, 4.69) is 51.2 Å². The Labute approximate surface area is 402 Å². The number of thiazole rings is 2. The Hall–Kier alpha value is -7.10. The van der Waals surface area contributed by atoms with Gasteiger partial charge in [-0.3, -0.25) is 0 Å². The molecule has 2 heterocycles. The van der Waals surface area contributed by atoms with Gasteiger partial charge in [-0.2, -0.15) is 10.2 Å². The van der Waals surface area contributed by atoms with Crippen LogP contribution in [0.4, 0.5) is 37.2 Å². The fourth-order valence-corrected chi connectivity index (χ4v) is 8.75. The molecule has 68 heavy (non-hydrogen) atoms. The summed E-state index contributed by atoms with van der Waals surface area (Å²) >= 11 is 2.79. The molecule has 0 aliphatic carbocycles. The fourth-order valence-electron chi connectivity index (χ4n) is 6.75.